The Morgan fingerprint density at radius 3 is 2.83 bits per heavy atom. The summed E-state index contributed by atoms with van der Waals surface area (Å²) >= 11 is 1.71. The Kier molecular flexibility index (Phi) is 10.3. The minimum atomic E-state index is 0. The Morgan fingerprint density at radius 2 is 2.17 bits per heavy atom. The fraction of sp³-hybridized carbons (Fsp3) is 0.438. The molecule has 2 aromatic rings. The molecule has 6 nitrogen and oxygen atoms in total. The van der Waals surface area contributed by atoms with Crippen LogP contribution in [0.4, 0.5) is 0 Å². The summed E-state index contributed by atoms with van der Waals surface area (Å²) in [6.45, 7) is 6.79. The molecular weight excluding hydrogens is 437 g/mol. The Balaban J connectivity index is 0.00000288. The number of aromatic nitrogens is 2. The Hall–Kier alpha value is -1.42. The van der Waals surface area contributed by atoms with Crippen molar-refractivity contribution >= 4 is 41.3 Å². The number of hydrogen-bond donors (Lipinski definition) is 2. The van der Waals surface area contributed by atoms with Crippen molar-refractivity contribution in [1.29, 1.82) is 0 Å². The zero-order valence-corrected chi connectivity index (χ0v) is 17.1. The van der Waals surface area contributed by atoms with Crippen molar-refractivity contribution in [2.24, 2.45) is 4.99 Å². The number of halogens is 1. The Labute approximate surface area is 164 Å². The van der Waals surface area contributed by atoms with E-state index >= 15 is 0 Å². The molecule has 0 saturated carbocycles. The minimum Gasteiger partial charge on any atom is -0.490 e. The third kappa shape index (κ3) is 7.43. The Morgan fingerprint density at radius 1 is 1.29 bits per heavy atom. The average molecular weight is 461 g/mol. The lowest BCUT2D eigenvalue weighted by Gasteiger charge is -2.11. The number of rotatable bonds is 8. The SMILES string of the molecule is CCNC(=NCc1ncc(CC)s1)NCCOc1cccnc1.I. The highest BCUT2D eigenvalue weighted by molar-refractivity contribution is 14.0. The second-order valence-electron chi connectivity index (χ2n) is 4.73. The monoisotopic (exact) mass is 461 g/mol. The summed E-state index contributed by atoms with van der Waals surface area (Å²) in [4.78, 5) is 14.2. The molecule has 0 aromatic carbocycles. The molecule has 0 saturated heterocycles. The number of guanidine groups is 1. The number of nitrogens with one attached hydrogen (secondary N) is 2. The molecule has 0 bridgehead atoms. The molecule has 0 aliphatic carbocycles. The molecule has 0 spiro atoms. The molecule has 0 amide bonds. The van der Waals surface area contributed by atoms with Crippen LogP contribution in [0.3, 0.4) is 0 Å². The number of hydrogen-bond acceptors (Lipinski definition) is 5. The van der Waals surface area contributed by atoms with Crippen LogP contribution in [0.1, 0.15) is 23.7 Å². The molecule has 0 aliphatic rings. The van der Waals surface area contributed by atoms with E-state index in [9.17, 15) is 0 Å². The summed E-state index contributed by atoms with van der Waals surface area (Å²) in [5, 5.41) is 7.51. The molecule has 0 radical (unpaired) electrons. The van der Waals surface area contributed by atoms with E-state index in [1.165, 1.54) is 4.88 Å². The predicted octanol–water partition coefficient (Wildman–Crippen LogP) is 2.85. The molecular formula is C16H24IN5OS. The second-order valence-corrected chi connectivity index (χ2v) is 5.93. The third-order valence-electron chi connectivity index (χ3n) is 2.96. The second kappa shape index (κ2) is 12.0. The fourth-order valence-electron chi connectivity index (χ4n) is 1.84. The van der Waals surface area contributed by atoms with Crippen LogP contribution in [-0.2, 0) is 13.0 Å². The summed E-state index contributed by atoms with van der Waals surface area (Å²) in [6.07, 6.45) is 6.37. The highest BCUT2D eigenvalue weighted by Gasteiger charge is 2.01. The topological polar surface area (TPSA) is 71.4 Å². The van der Waals surface area contributed by atoms with Crippen LogP contribution in [0.15, 0.2) is 35.7 Å². The predicted molar refractivity (Wildman–Crippen MR) is 109 cm³/mol. The van der Waals surface area contributed by atoms with Gasteiger partial charge in [0.15, 0.2) is 5.96 Å². The molecule has 0 aliphatic heterocycles. The number of nitrogens with zero attached hydrogens (tertiary/aromatic N) is 3. The molecule has 2 rings (SSSR count). The van der Waals surface area contributed by atoms with E-state index in [1.807, 2.05) is 25.3 Å². The molecule has 8 heteroatoms. The number of aryl methyl sites for hydroxylation is 1. The van der Waals surface area contributed by atoms with Crippen molar-refractivity contribution in [3.63, 3.8) is 0 Å². The third-order valence-corrected chi connectivity index (χ3v) is 4.09. The quantitative estimate of drug-likeness (QED) is 0.274. The average Bonchev–Trinajstić information content (AvgIpc) is 3.05. The van der Waals surface area contributed by atoms with Gasteiger partial charge in [0.1, 0.15) is 17.4 Å². The lowest BCUT2D eigenvalue weighted by atomic mass is 10.4. The van der Waals surface area contributed by atoms with Gasteiger partial charge in [0, 0.05) is 23.8 Å². The summed E-state index contributed by atoms with van der Waals surface area (Å²) in [6, 6.07) is 3.74. The van der Waals surface area contributed by atoms with Gasteiger partial charge in [-0.3, -0.25) is 4.98 Å². The molecule has 132 valence electrons. The van der Waals surface area contributed by atoms with E-state index in [-0.39, 0.29) is 24.0 Å². The van der Waals surface area contributed by atoms with Crippen LogP contribution in [0, 0.1) is 0 Å². The van der Waals surface area contributed by atoms with Gasteiger partial charge < -0.3 is 15.4 Å². The molecule has 0 fully saturated rings. The largest absolute Gasteiger partial charge is 0.490 e. The first-order valence-corrected chi connectivity index (χ1v) is 8.62. The highest BCUT2D eigenvalue weighted by atomic mass is 127. The van der Waals surface area contributed by atoms with Crippen molar-refractivity contribution in [2.75, 3.05) is 19.7 Å². The van der Waals surface area contributed by atoms with Crippen molar-refractivity contribution in [3.05, 3.63) is 40.6 Å². The lowest BCUT2D eigenvalue weighted by molar-refractivity contribution is 0.320. The maximum Gasteiger partial charge on any atom is 0.191 e. The summed E-state index contributed by atoms with van der Waals surface area (Å²) in [7, 11) is 0. The standard InChI is InChI=1S/C16H23N5OS.HI/c1-3-14-11-20-15(23-14)12-21-16(18-4-2)19-8-9-22-13-6-5-7-17-10-13;/h5-7,10-11H,3-4,8-9,12H2,1-2H3,(H2,18,19,21);1H. The normalized spacial score (nSPS) is 10.8. The summed E-state index contributed by atoms with van der Waals surface area (Å²) in [5.41, 5.74) is 0. The zero-order chi connectivity index (χ0) is 16.3. The van der Waals surface area contributed by atoms with Gasteiger partial charge in [-0.1, -0.05) is 6.92 Å². The van der Waals surface area contributed by atoms with Crippen LogP contribution < -0.4 is 15.4 Å². The van der Waals surface area contributed by atoms with Gasteiger partial charge >= 0.3 is 0 Å². The van der Waals surface area contributed by atoms with Gasteiger partial charge in [-0.25, -0.2) is 9.98 Å². The van der Waals surface area contributed by atoms with Gasteiger partial charge in [0.05, 0.1) is 19.3 Å². The van der Waals surface area contributed by atoms with Crippen molar-refractivity contribution < 1.29 is 4.74 Å². The van der Waals surface area contributed by atoms with Gasteiger partial charge in [0.25, 0.3) is 0 Å². The number of thiazole rings is 1. The summed E-state index contributed by atoms with van der Waals surface area (Å²) in [5.74, 6) is 1.54. The summed E-state index contributed by atoms with van der Waals surface area (Å²) < 4.78 is 5.60. The van der Waals surface area contributed by atoms with E-state index in [4.69, 9.17) is 4.74 Å². The Bertz CT molecular complexity index is 606. The van der Waals surface area contributed by atoms with E-state index in [0.29, 0.717) is 19.7 Å². The first-order chi connectivity index (χ1) is 11.3. The minimum absolute atomic E-state index is 0. The number of pyridine rings is 1. The van der Waals surface area contributed by atoms with Crippen molar-refractivity contribution in [2.45, 2.75) is 26.8 Å². The lowest BCUT2D eigenvalue weighted by Crippen LogP contribution is -2.39. The number of ether oxygens (including phenoxy) is 1. The van der Waals surface area contributed by atoms with Crippen molar-refractivity contribution in [1.82, 2.24) is 20.6 Å². The van der Waals surface area contributed by atoms with Crippen LogP contribution in [-0.4, -0.2) is 35.6 Å². The van der Waals surface area contributed by atoms with Crippen LogP contribution in [0.25, 0.3) is 0 Å². The van der Waals surface area contributed by atoms with E-state index in [1.54, 1.807) is 23.7 Å². The van der Waals surface area contributed by atoms with Crippen molar-refractivity contribution in [3.8, 4) is 5.75 Å². The molecule has 2 N–H and O–H groups in total. The highest BCUT2D eigenvalue weighted by Crippen LogP contribution is 2.13. The maximum atomic E-state index is 5.60. The van der Waals surface area contributed by atoms with Gasteiger partial charge in [0.2, 0.25) is 0 Å². The molecule has 2 heterocycles. The fourth-order valence-corrected chi connectivity index (χ4v) is 2.63. The molecule has 24 heavy (non-hydrogen) atoms. The van der Waals surface area contributed by atoms with Crippen LogP contribution >= 0.6 is 35.3 Å². The molecule has 0 atom stereocenters. The van der Waals surface area contributed by atoms with Gasteiger partial charge in [-0.2, -0.15) is 0 Å². The van der Waals surface area contributed by atoms with Crippen LogP contribution in [0.2, 0.25) is 0 Å². The van der Waals surface area contributed by atoms with E-state index in [0.717, 1.165) is 29.7 Å². The van der Waals surface area contributed by atoms with E-state index < -0.39 is 0 Å². The maximum absolute atomic E-state index is 5.60. The van der Waals surface area contributed by atoms with Gasteiger partial charge in [-0.05, 0) is 25.5 Å². The van der Waals surface area contributed by atoms with E-state index in [2.05, 4.69) is 32.5 Å². The van der Waals surface area contributed by atoms with Crippen LogP contribution in [0.5, 0.6) is 5.75 Å². The van der Waals surface area contributed by atoms with Gasteiger partial charge in [-0.15, -0.1) is 35.3 Å². The molecule has 0 unspecified atom stereocenters. The number of aliphatic imine (C=N–C) groups is 1. The molecule has 2 aromatic heterocycles. The first kappa shape index (κ1) is 20.6. The zero-order valence-electron chi connectivity index (χ0n) is 14.0. The first-order valence-electron chi connectivity index (χ1n) is 7.80. The smallest absolute Gasteiger partial charge is 0.191 e.